The van der Waals surface area contributed by atoms with Crippen LogP contribution < -0.4 is 5.73 Å². The number of aliphatic hydroxyl groups is 1. The number of halogens is 2. The lowest BCUT2D eigenvalue weighted by Crippen LogP contribution is -2.64. The van der Waals surface area contributed by atoms with Crippen LogP contribution in [-0.4, -0.2) is 22.2 Å². The molecule has 0 spiro atoms. The first kappa shape index (κ1) is 25.2. The Morgan fingerprint density at radius 2 is 1.68 bits per heavy atom. The van der Waals surface area contributed by atoms with Crippen LogP contribution in [0.2, 0.25) is 0 Å². The quantitative estimate of drug-likeness (QED) is 0.314. The molecule has 34 heavy (non-hydrogen) atoms. The smallest absolute Gasteiger partial charge is 0.248 e. The van der Waals surface area contributed by atoms with E-state index in [9.17, 15) is 13.9 Å². The van der Waals surface area contributed by atoms with Crippen LogP contribution in [0.4, 0.5) is 8.78 Å². The van der Waals surface area contributed by atoms with Crippen LogP contribution >= 0.6 is 0 Å². The zero-order valence-electron chi connectivity index (χ0n) is 22.0. The average molecular weight is 478 g/mol. The van der Waals surface area contributed by atoms with Crippen LogP contribution in [-0.2, 0) is 0 Å². The molecule has 0 amide bonds. The minimum absolute atomic E-state index is 0.0695. The Morgan fingerprint density at radius 1 is 0.941 bits per heavy atom. The second-order valence-electron chi connectivity index (χ2n) is 14.3. The molecule has 5 aliphatic rings. The molecule has 0 aromatic heterocycles. The van der Waals surface area contributed by atoms with Gasteiger partial charge in [0.2, 0.25) is 5.92 Å². The second-order valence-corrected chi connectivity index (χ2v) is 14.3. The van der Waals surface area contributed by atoms with Crippen molar-refractivity contribution in [2.45, 2.75) is 141 Å². The lowest BCUT2D eigenvalue weighted by molar-refractivity contribution is -0.0656. The first-order valence-electron chi connectivity index (χ1n) is 14.4. The minimum atomic E-state index is -2.42. The highest BCUT2D eigenvalue weighted by Gasteiger charge is 2.61. The number of unbranched alkanes of at least 4 members (excludes halogenated alkanes) is 1. The van der Waals surface area contributed by atoms with E-state index in [0.29, 0.717) is 36.0 Å². The average Bonchev–Trinajstić information content (AvgIpc) is 3.10. The molecule has 4 heteroatoms. The van der Waals surface area contributed by atoms with E-state index in [1.807, 2.05) is 6.92 Å². The Hall–Kier alpha value is -0.480. The molecule has 0 aliphatic heterocycles. The topological polar surface area (TPSA) is 46.2 Å². The maximum absolute atomic E-state index is 13.6. The lowest BCUT2D eigenvalue weighted by Gasteiger charge is -2.60. The summed E-state index contributed by atoms with van der Waals surface area (Å²) in [7, 11) is 0. The molecule has 7 atom stereocenters. The van der Waals surface area contributed by atoms with Crippen LogP contribution in [0.1, 0.15) is 124 Å². The van der Waals surface area contributed by atoms with Crippen molar-refractivity contribution in [3.05, 3.63) is 11.6 Å². The Labute approximate surface area is 206 Å². The third-order valence-corrected chi connectivity index (χ3v) is 11.9. The molecule has 0 heterocycles. The van der Waals surface area contributed by atoms with Crippen LogP contribution in [0.5, 0.6) is 0 Å². The second kappa shape index (κ2) is 8.54. The standard InChI is InChI=1S/C30H49F2NO/c1-26(16-18-29(31,32)19-17-26)12-5-4-6-22-7-8-25-28(22,3)14-11-24-23-10-13-27(2,34)20-21(23)9-15-30(24,25)33/h9,22-25,34H,4-8,10-20,33H2,1-3H3/t22?,23?,24?,25?,27-,28?,30?/m0/s1. The molecule has 4 saturated carbocycles. The van der Waals surface area contributed by atoms with E-state index >= 15 is 0 Å². The molecule has 3 N–H and O–H groups in total. The molecule has 0 saturated heterocycles. The van der Waals surface area contributed by atoms with Gasteiger partial charge < -0.3 is 10.8 Å². The maximum Gasteiger partial charge on any atom is 0.248 e. The summed E-state index contributed by atoms with van der Waals surface area (Å²) in [6.07, 6.45) is 17.8. The predicted octanol–water partition coefficient (Wildman–Crippen LogP) is 7.78. The van der Waals surface area contributed by atoms with Gasteiger partial charge in [0.05, 0.1) is 5.60 Å². The Balaban J connectivity index is 1.19. The van der Waals surface area contributed by atoms with Crippen LogP contribution in [0.3, 0.4) is 0 Å². The monoisotopic (exact) mass is 477 g/mol. The van der Waals surface area contributed by atoms with E-state index in [1.54, 1.807) is 0 Å². The summed E-state index contributed by atoms with van der Waals surface area (Å²) in [4.78, 5) is 0. The Morgan fingerprint density at radius 3 is 2.41 bits per heavy atom. The summed E-state index contributed by atoms with van der Waals surface area (Å²) in [5.41, 5.74) is 8.77. The summed E-state index contributed by atoms with van der Waals surface area (Å²) in [6, 6.07) is 0. The zero-order chi connectivity index (χ0) is 24.4. The maximum atomic E-state index is 13.6. The molecule has 4 fully saturated rings. The highest BCUT2D eigenvalue weighted by atomic mass is 19.3. The van der Waals surface area contributed by atoms with Gasteiger partial charge in [-0.25, -0.2) is 8.78 Å². The van der Waals surface area contributed by atoms with Gasteiger partial charge in [-0.3, -0.25) is 0 Å². The minimum Gasteiger partial charge on any atom is -0.390 e. The van der Waals surface area contributed by atoms with Crippen LogP contribution in [0, 0.1) is 34.5 Å². The summed E-state index contributed by atoms with van der Waals surface area (Å²) in [5, 5.41) is 10.6. The fourth-order valence-electron chi connectivity index (χ4n) is 9.62. The highest BCUT2D eigenvalue weighted by Crippen LogP contribution is 2.65. The molecule has 6 unspecified atom stereocenters. The number of hydrogen-bond acceptors (Lipinski definition) is 2. The molecule has 0 aromatic rings. The summed E-state index contributed by atoms with van der Waals surface area (Å²) < 4.78 is 27.2. The van der Waals surface area contributed by atoms with E-state index in [2.05, 4.69) is 19.9 Å². The van der Waals surface area contributed by atoms with Crippen molar-refractivity contribution < 1.29 is 13.9 Å². The lowest BCUT2D eigenvalue weighted by atomic mass is 9.48. The van der Waals surface area contributed by atoms with Gasteiger partial charge in [0.25, 0.3) is 0 Å². The molecular weight excluding hydrogens is 428 g/mol. The van der Waals surface area contributed by atoms with Crippen LogP contribution in [0.25, 0.3) is 0 Å². The van der Waals surface area contributed by atoms with E-state index < -0.39 is 11.5 Å². The van der Waals surface area contributed by atoms with Crippen molar-refractivity contribution in [3.63, 3.8) is 0 Å². The number of alkyl halides is 2. The van der Waals surface area contributed by atoms with Crippen molar-refractivity contribution in [1.29, 1.82) is 0 Å². The first-order chi connectivity index (χ1) is 15.9. The van der Waals surface area contributed by atoms with Gasteiger partial charge >= 0.3 is 0 Å². The van der Waals surface area contributed by atoms with Crippen molar-refractivity contribution in [3.8, 4) is 0 Å². The van der Waals surface area contributed by atoms with Crippen molar-refractivity contribution in [2.24, 2.45) is 40.2 Å². The van der Waals surface area contributed by atoms with Gasteiger partial charge in [0.15, 0.2) is 0 Å². The zero-order valence-corrected chi connectivity index (χ0v) is 22.0. The third-order valence-electron chi connectivity index (χ3n) is 11.9. The molecule has 2 nitrogen and oxygen atoms in total. The van der Waals surface area contributed by atoms with Crippen molar-refractivity contribution >= 4 is 0 Å². The van der Waals surface area contributed by atoms with E-state index in [0.717, 1.165) is 38.0 Å². The molecule has 5 rings (SSSR count). The first-order valence-corrected chi connectivity index (χ1v) is 14.4. The van der Waals surface area contributed by atoms with Crippen LogP contribution in [0.15, 0.2) is 11.6 Å². The predicted molar refractivity (Wildman–Crippen MR) is 135 cm³/mol. The Kier molecular flexibility index (Phi) is 6.32. The SMILES string of the molecule is CC1(CCCCC2CCC3C2(C)CCC2C4CC[C@](C)(O)CC4=CCC23N)CCC(F)(F)CC1. The Bertz CT molecular complexity index is 796. The van der Waals surface area contributed by atoms with E-state index in [4.69, 9.17) is 5.73 Å². The van der Waals surface area contributed by atoms with Gasteiger partial charge in [0.1, 0.15) is 0 Å². The normalized spacial score (nSPS) is 47.3. The van der Waals surface area contributed by atoms with Crippen molar-refractivity contribution in [1.82, 2.24) is 0 Å². The summed E-state index contributed by atoms with van der Waals surface area (Å²) in [6.45, 7) is 6.79. The number of fused-ring (bicyclic) bond motifs is 5. The molecule has 194 valence electrons. The van der Waals surface area contributed by atoms with Gasteiger partial charge in [-0.1, -0.05) is 38.3 Å². The van der Waals surface area contributed by atoms with Gasteiger partial charge in [0, 0.05) is 18.4 Å². The van der Waals surface area contributed by atoms with Gasteiger partial charge in [-0.2, -0.15) is 0 Å². The fraction of sp³-hybridized carbons (Fsp3) is 0.933. The van der Waals surface area contributed by atoms with Gasteiger partial charge in [-0.15, -0.1) is 0 Å². The molecule has 0 bridgehead atoms. The fourth-order valence-corrected chi connectivity index (χ4v) is 9.62. The number of hydrogen-bond donors (Lipinski definition) is 2. The summed E-state index contributed by atoms with van der Waals surface area (Å²) >= 11 is 0. The molecular formula is C30H49F2NO. The van der Waals surface area contributed by atoms with Gasteiger partial charge in [-0.05, 0) is 118 Å². The molecule has 0 aromatic carbocycles. The van der Waals surface area contributed by atoms with E-state index in [-0.39, 0.29) is 23.8 Å². The third kappa shape index (κ3) is 4.42. The number of nitrogens with two attached hydrogens (primary N) is 1. The van der Waals surface area contributed by atoms with Crippen molar-refractivity contribution in [2.75, 3.05) is 0 Å². The molecule has 0 radical (unpaired) electrons. The number of rotatable bonds is 5. The molecule has 5 aliphatic carbocycles. The van der Waals surface area contributed by atoms with E-state index in [1.165, 1.54) is 50.5 Å². The summed E-state index contributed by atoms with van der Waals surface area (Å²) in [5.74, 6) is 0.131. The highest BCUT2D eigenvalue weighted by molar-refractivity contribution is 5.27. The largest absolute Gasteiger partial charge is 0.390 e.